The molecule has 1 aromatic heterocycles. The number of hydrogen-bond donors (Lipinski definition) is 2. The van der Waals surface area contributed by atoms with Crippen LogP contribution in [-0.2, 0) is 18.3 Å². The maximum absolute atomic E-state index is 11.1. The monoisotopic (exact) mass is 422 g/mol. The van der Waals surface area contributed by atoms with E-state index in [1.54, 1.807) is 12.3 Å². The van der Waals surface area contributed by atoms with Gasteiger partial charge in [-0.2, -0.15) is 0 Å². The van der Waals surface area contributed by atoms with E-state index in [0.29, 0.717) is 15.8 Å². The molecule has 2 N–H and O–H groups in total. The third kappa shape index (κ3) is 3.38. The first-order chi connectivity index (χ1) is 13.5. The Morgan fingerprint density at radius 2 is 2.21 bits per heavy atom. The summed E-state index contributed by atoms with van der Waals surface area (Å²) in [6.45, 7) is 0.846. The fourth-order valence-electron chi connectivity index (χ4n) is 3.84. The first-order valence-electron chi connectivity index (χ1n) is 9.12. The number of halogens is 2. The van der Waals surface area contributed by atoms with Crippen LogP contribution in [-0.4, -0.2) is 46.6 Å². The Morgan fingerprint density at radius 1 is 1.39 bits per heavy atom. The molecule has 1 amide bonds. The maximum Gasteiger partial charge on any atom is 0.404 e. The van der Waals surface area contributed by atoms with Gasteiger partial charge in [0, 0.05) is 30.3 Å². The second kappa shape index (κ2) is 7.73. The predicted octanol–water partition coefficient (Wildman–Crippen LogP) is 4.02. The second-order valence-corrected chi connectivity index (χ2v) is 7.69. The molecule has 7 nitrogen and oxygen atoms in total. The summed E-state index contributed by atoms with van der Waals surface area (Å²) in [5, 5.41) is 13.2. The summed E-state index contributed by atoms with van der Waals surface area (Å²) in [6, 6.07) is 3.61. The van der Waals surface area contributed by atoms with Crippen LogP contribution in [0.2, 0.25) is 10.0 Å². The van der Waals surface area contributed by atoms with Crippen LogP contribution in [0.3, 0.4) is 0 Å². The van der Waals surface area contributed by atoms with Crippen molar-refractivity contribution in [2.24, 2.45) is 17.0 Å². The molecule has 0 saturated carbocycles. The van der Waals surface area contributed by atoms with Crippen molar-refractivity contribution in [2.75, 3.05) is 6.61 Å². The molecule has 0 radical (unpaired) electrons. The SMILES string of the molecule is Cn1c(CNC(=O)O)c(C2=NC(C3CCCCO3)N=C2)c2ccc(Cl)c(Cl)c21. The van der Waals surface area contributed by atoms with E-state index in [0.717, 1.165) is 48.0 Å². The number of carbonyl (C=O) groups is 1. The number of aromatic nitrogens is 1. The number of ether oxygens (including phenoxy) is 1. The van der Waals surface area contributed by atoms with Crippen molar-refractivity contribution < 1.29 is 14.6 Å². The van der Waals surface area contributed by atoms with Gasteiger partial charge in [0.25, 0.3) is 0 Å². The summed E-state index contributed by atoms with van der Waals surface area (Å²) in [6.07, 6.45) is 3.46. The number of benzene rings is 1. The van der Waals surface area contributed by atoms with Crippen LogP contribution in [0.5, 0.6) is 0 Å². The lowest BCUT2D eigenvalue weighted by Gasteiger charge is -2.24. The molecule has 9 heteroatoms. The smallest absolute Gasteiger partial charge is 0.404 e. The lowest BCUT2D eigenvalue weighted by atomic mass is 10.1. The van der Waals surface area contributed by atoms with Gasteiger partial charge >= 0.3 is 6.09 Å². The van der Waals surface area contributed by atoms with Gasteiger partial charge in [-0.3, -0.25) is 9.98 Å². The molecular formula is C19H20Cl2N4O3. The number of nitrogens with one attached hydrogen (secondary N) is 1. The van der Waals surface area contributed by atoms with E-state index in [1.165, 1.54) is 0 Å². The number of nitrogens with zero attached hydrogens (tertiary/aromatic N) is 3. The minimum Gasteiger partial charge on any atom is -0.465 e. The van der Waals surface area contributed by atoms with Gasteiger partial charge in [-0.15, -0.1) is 0 Å². The standard InChI is InChI=1S/C19H20Cl2N4O3/c1-25-13(9-23-19(26)27)15(10-5-6-11(20)16(21)17(10)25)12-8-22-18(24-12)14-4-2-3-7-28-14/h5-6,8,14,18,23H,2-4,7,9H2,1H3,(H,26,27). The van der Waals surface area contributed by atoms with E-state index in [4.69, 9.17) is 38.0 Å². The van der Waals surface area contributed by atoms with Crippen LogP contribution < -0.4 is 5.32 Å². The number of carboxylic acid groups (broad SMARTS) is 1. The average molecular weight is 423 g/mol. The number of aryl methyl sites for hydroxylation is 1. The normalized spacial score (nSPS) is 21.9. The lowest BCUT2D eigenvalue weighted by molar-refractivity contribution is 0.00340. The molecule has 3 heterocycles. The molecule has 0 aliphatic carbocycles. The quantitative estimate of drug-likeness (QED) is 0.779. The molecule has 1 aromatic carbocycles. The van der Waals surface area contributed by atoms with Crippen LogP contribution >= 0.6 is 23.2 Å². The summed E-state index contributed by atoms with van der Waals surface area (Å²) >= 11 is 12.7. The fourth-order valence-corrected chi connectivity index (χ4v) is 4.29. The van der Waals surface area contributed by atoms with Gasteiger partial charge in [-0.25, -0.2) is 4.79 Å². The van der Waals surface area contributed by atoms with Crippen LogP contribution in [0.25, 0.3) is 10.9 Å². The third-order valence-electron chi connectivity index (χ3n) is 5.20. The molecule has 2 aliphatic heterocycles. The number of hydrogen-bond acceptors (Lipinski definition) is 4. The van der Waals surface area contributed by atoms with E-state index in [-0.39, 0.29) is 18.8 Å². The molecule has 1 fully saturated rings. The van der Waals surface area contributed by atoms with E-state index < -0.39 is 6.09 Å². The minimum atomic E-state index is -1.10. The van der Waals surface area contributed by atoms with Crippen LogP contribution in [0.15, 0.2) is 22.1 Å². The van der Waals surface area contributed by atoms with E-state index in [1.807, 2.05) is 17.7 Å². The average Bonchev–Trinajstić information content (AvgIpc) is 3.27. The summed E-state index contributed by atoms with van der Waals surface area (Å²) < 4.78 is 7.68. The van der Waals surface area contributed by atoms with Crippen molar-refractivity contribution in [3.05, 3.63) is 33.4 Å². The van der Waals surface area contributed by atoms with Gasteiger partial charge in [0.1, 0.15) is 0 Å². The number of amides is 1. The largest absolute Gasteiger partial charge is 0.465 e. The van der Waals surface area contributed by atoms with Crippen molar-refractivity contribution in [1.29, 1.82) is 0 Å². The third-order valence-corrected chi connectivity index (χ3v) is 5.99. The highest BCUT2D eigenvalue weighted by atomic mass is 35.5. The van der Waals surface area contributed by atoms with Crippen molar-refractivity contribution >= 4 is 52.1 Å². The first-order valence-corrected chi connectivity index (χ1v) is 9.88. The number of aliphatic imine (C=N–C) groups is 2. The highest BCUT2D eigenvalue weighted by molar-refractivity contribution is 6.47. The molecule has 4 rings (SSSR count). The Balaban J connectivity index is 1.81. The van der Waals surface area contributed by atoms with Crippen LogP contribution in [0.1, 0.15) is 30.5 Å². The zero-order valence-corrected chi connectivity index (χ0v) is 16.8. The molecule has 2 atom stereocenters. The highest BCUT2D eigenvalue weighted by Gasteiger charge is 2.29. The topological polar surface area (TPSA) is 88.2 Å². The Hall–Kier alpha value is -2.09. The molecule has 148 valence electrons. The van der Waals surface area contributed by atoms with Crippen LogP contribution in [0, 0.1) is 0 Å². The minimum absolute atomic E-state index is 0.0175. The Kier molecular flexibility index (Phi) is 5.31. The second-order valence-electron chi connectivity index (χ2n) is 6.91. The summed E-state index contributed by atoms with van der Waals surface area (Å²) in [5.74, 6) is 0. The van der Waals surface area contributed by atoms with Crippen LogP contribution in [0.4, 0.5) is 4.79 Å². The molecule has 2 aromatic rings. The molecule has 28 heavy (non-hydrogen) atoms. The van der Waals surface area contributed by atoms with Crippen molar-refractivity contribution in [1.82, 2.24) is 9.88 Å². The summed E-state index contributed by atoms with van der Waals surface area (Å²) in [7, 11) is 1.83. The Labute approximate surface area is 172 Å². The molecule has 0 bridgehead atoms. The highest BCUT2D eigenvalue weighted by Crippen LogP contribution is 2.36. The Bertz CT molecular complexity index is 993. The first kappa shape index (κ1) is 19.2. The van der Waals surface area contributed by atoms with Gasteiger partial charge in [0.15, 0.2) is 6.17 Å². The van der Waals surface area contributed by atoms with Gasteiger partial charge < -0.3 is 19.7 Å². The molecular weight excluding hydrogens is 403 g/mol. The number of fused-ring (bicyclic) bond motifs is 1. The van der Waals surface area contributed by atoms with Gasteiger partial charge in [0.05, 0.1) is 40.1 Å². The van der Waals surface area contributed by atoms with E-state index >= 15 is 0 Å². The molecule has 1 saturated heterocycles. The fraction of sp³-hybridized carbons (Fsp3) is 0.421. The van der Waals surface area contributed by atoms with Gasteiger partial charge in [0.2, 0.25) is 0 Å². The maximum atomic E-state index is 11.1. The van der Waals surface area contributed by atoms with Gasteiger partial charge in [-0.05, 0) is 25.3 Å². The summed E-state index contributed by atoms with van der Waals surface area (Å²) in [5.41, 5.74) is 2.99. The molecule has 0 spiro atoms. The number of rotatable bonds is 4. The van der Waals surface area contributed by atoms with Crippen molar-refractivity contribution in [3.63, 3.8) is 0 Å². The zero-order chi connectivity index (χ0) is 19.8. The Morgan fingerprint density at radius 3 is 2.93 bits per heavy atom. The van der Waals surface area contributed by atoms with E-state index in [2.05, 4.69) is 10.3 Å². The summed E-state index contributed by atoms with van der Waals surface area (Å²) in [4.78, 5) is 20.4. The molecule has 2 unspecified atom stereocenters. The zero-order valence-electron chi connectivity index (χ0n) is 15.3. The van der Waals surface area contributed by atoms with E-state index in [9.17, 15) is 4.79 Å². The van der Waals surface area contributed by atoms with Gasteiger partial charge in [-0.1, -0.05) is 29.3 Å². The van der Waals surface area contributed by atoms with Crippen molar-refractivity contribution in [3.8, 4) is 0 Å². The van der Waals surface area contributed by atoms with Crippen molar-refractivity contribution in [2.45, 2.75) is 38.1 Å². The predicted molar refractivity (Wildman–Crippen MR) is 110 cm³/mol. The lowest BCUT2D eigenvalue weighted by Crippen LogP contribution is -2.28. The molecule has 2 aliphatic rings.